The van der Waals surface area contributed by atoms with E-state index in [9.17, 15) is 14.9 Å². The van der Waals surface area contributed by atoms with Gasteiger partial charge in [0.25, 0.3) is 5.91 Å². The monoisotopic (exact) mass is 581 g/mol. The first-order valence-corrected chi connectivity index (χ1v) is 12.6. The van der Waals surface area contributed by atoms with Crippen LogP contribution in [0.25, 0.3) is 6.08 Å². The van der Waals surface area contributed by atoms with E-state index in [-0.39, 0.29) is 39.8 Å². The van der Waals surface area contributed by atoms with Crippen LogP contribution in [-0.2, 0) is 20.9 Å². The maximum atomic E-state index is 13.5. The third-order valence-corrected chi connectivity index (χ3v) is 6.78. The quantitative estimate of drug-likeness (QED) is 0.193. The molecular weight excluding hydrogens is 561 g/mol. The number of hydrogen-bond acceptors (Lipinski definition) is 7. The maximum Gasteiger partial charge on any atom is 0.325 e. The summed E-state index contributed by atoms with van der Waals surface area (Å²) in [5.41, 5.74) is 2.27. The van der Waals surface area contributed by atoms with E-state index in [4.69, 9.17) is 49.6 Å². The molecule has 1 aliphatic rings. The molecule has 0 saturated carbocycles. The number of carbonyl (C=O) groups excluding carboxylic acids is 2. The molecular formula is C28H21Cl2N3O5S. The Morgan fingerprint density at radius 2 is 1.74 bits per heavy atom. The lowest BCUT2D eigenvalue weighted by atomic mass is 10.1. The van der Waals surface area contributed by atoms with Gasteiger partial charge in [-0.2, -0.15) is 5.26 Å². The molecule has 0 N–H and O–H groups in total. The van der Waals surface area contributed by atoms with Crippen molar-refractivity contribution < 1.29 is 23.8 Å². The van der Waals surface area contributed by atoms with E-state index in [0.29, 0.717) is 28.1 Å². The van der Waals surface area contributed by atoms with Crippen molar-refractivity contribution in [1.29, 1.82) is 5.26 Å². The Balaban J connectivity index is 1.66. The SMILES string of the molecule is COC(=O)CN1C(=S)N(c2ccc(OC)cc2)C(=O)/C1=C/c1cc(Cl)c(OCc2ccccc2C#N)c(Cl)c1. The summed E-state index contributed by atoms with van der Waals surface area (Å²) in [6, 6.07) is 19.1. The molecule has 39 heavy (non-hydrogen) atoms. The van der Waals surface area contributed by atoms with E-state index in [1.54, 1.807) is 60.7 Å². The lowest BCUT2D eigenvalue weighted by Gasteiger charge is -2.19. The first-order valence-electron chi connectivity index (χ1n) is 11.5. The fourth-order valence-electron chi connectivity index (χ4n) is 3.85. The molecule has 1 aliphatic heterocycles. The minimum Gasteiger partial charge on any atom is -0.497 e. The fraction of sp³-hybridized carbons (Fsp3) is 0.143. The molecule has 0 unspecified atom stereocenters. The zero-order valence-electron chi connectivity index (χ0n) is 20.8. The Morgan fingerprint density at radius 1 is 1.08 bits per heavy atom. The Bertz CT molecular complexity index is 1500. The van der Waals surface area contributed by atoms with Crippen LogP contribution in [0, 0.1) is 11.3 Å². The van der Waals surface area contributed by atoms with Crippen molar-refractivity contribution >= 4 is 64.2 Å². The van der Waals surface area contributed by atoms with Crippen LogP contribution in [0.4, 0.5) is 5.69 Å². The number of rotatable bonds is 8. The van der Waals surface area contributed by atoms with Gasteiger partial charge in [-0.3, -0.25) is 14.5 Å². The molecule has 1 heterocycles. The number of carbonyl (C=O) groups is 2. The second kappa shape index (κ2) is 12.2. The van der Waals surface area contributed by atoms with Crippen LogP contribution in [-0.4, -0.2) is 42.7 Å². The number of anilines is 1. The molecule has 0 spiro atoms. The Labute approximate surface area is 240 Å². The van der Waals surface area contributed by atoms with Crippen LogP contribution in [0.1, 0.15) is 16.7 Å². The zero-order valence-corrected chi connectivity index (χ0v) is 23.1. The summed E-state index contributed by atoms with van der Waals surface area (Å²) in [7, 11) is 2.79. The predicted molar refractivity (Wildman–Crippen MR) is 152 cm³/mol. The van der Waals surface area contributed by atoms with Crippen LogP contribution in [0.15, 0.2) is 66.4 Å². The van der Waals surface area contributed by atoms with Crippen molar-refractivity contribution in [2.45, 2.75) is 6.61 Å². The highest BCUT2D eigenvalue weighted by Crippen LogP contribution is 2.37. The molecule has 0 aromatic heterocycles. The highest BCUT2D eigenvalue weighted by molar-refractivity contribution is 7.80. The molecule has 0 aliphatic carbocycles. The second-order valence-corrected chi connectivity index (χ2v) is 9.36. The smallest absolute Gasteiger partial charge is 0.325 e. The van der Waals surface area contributed by atoms with Crippen molar-refractivity contribution in [3.8, 4) is 17.6 Å². The number of benzene rings is 3. The molecule has 11 heteroatoms. The first-order chi connectivity index (χ1) is 18.8. The molecule has 0 atom stereocenters. The third kappa shape index (κ3) is 5.99. The number of methoxy groups -OCH3 is 2. The van der Waals surface area contributed by atoms with Gasteiger partial charge in [-0.05, 0) is 66.3 Å². The maximum absolute atomic E-state index is 13.5. The lowest BCUT2D eigenvalue weighted by Crippen LogP contribution is -2.35. The minimum atomic E-state index is -0.579. The van der Waals surface area contributed by atoms with Crippen LogP contribution in [0.2, 0.25) is 10.0 Å². The molecule has 4 rings (SSSR count). The fourth-order valence-corrected chi connectivity index (χ4v) is 4.81. The molecule has 1 saturated heterocycles. The van der Waals surface area contributed by atoms with Gasteiger partial charge in [0.2, 0.25) is 0 Å². The largest absolute Gasteiger partial charge is 0.497 e. The van der Waals surface area contributed by atoms with Gasteiger partial charge < -0.3 is 19.1 Å². The number of thiocarbonyl (C=S) groups is 1. The second-order valence-electron chi connectivity index (χ2n) is 8.18. The molecule has 3 aromatic carbocycles. The van der Waals surface area contributed by atoms with Gasteiger partial charge in [0.05, 0.1) is 41.6 Å². The van der Waals surface area contributed by atoms with Gasteiger partial charge in [0, 0.05) is 5.56 Å². The summed E-state index contributed by atoms with van der Waals surface area (Å²) in [4.78, 5) is 28.4. The Morgan fingerprint density at radius 3 is 2.36 bits per heavy atom. The van der Waals surface area contributed by atoms with Crippen molar-refractivity contribution in [3.05, 3.63) is 93.1 Å². The van der Waals surface area contributed by atoms with Crippen molar-refractivity contribution in [2.24, 2.45) is 0 Å². The standard InChI is InChI=1S/C28H21Cl2N3O5S/c1-36-21-9-7-20(8-10-21)33-27(35)24(32(28(33)39)15-25(34)37-2)13-17-11-22(29)26(23(30)12-17)38-16-19-6-4-3-5-18(19)14-31/h3-13H,15-16H2,1-2H3/b24-13-. The number of nitrogens with zero attached hydrogens (tertiary/aromatic N) is 3. The van der Waals surface area contributed by atoms with E-state index >= 15 is 0 Å². The van der Waals surface area contributed by atoms with E-state index in [1.165, 1.54) is 30.1 Å². The molecule has 198 valence electrons. The van der Waals surface area contributed by atoms with Gasteiger partial charge in [-0.25, -0.2) is 0 Å². The van der Waals surface area contributed by atoms with Crippen LogP contribution >= 0.6 is 35.4 Å². The average Bonchev–Trinajstić information content (AvgIpc) is 3.16. The van der Waals surface area contributed by atoms with Crippen molar-refractivity contribution in [3.63, 3.8) is 0 Å². The minimum absolute atomic E-state index is 0.0834. The lowest BCUT2D eigenvalue weighted by molar-refractivity contribution is -0.140. The van der Waals surface area contributed by atoms with E-state index in [2.05, 4.69) is 6.07 Å². The van der Waals surface area contributed by atoms with Gasteiger partial charge >= 0.3 is 5.97 Å². The van der Waals surface area contributed by atoms with Gasteiger partial charge in [0.15, 0.2) is 10.9 Å². The highest BCUT2D eigenvalue weighted by Gasteiger charge is 2.40. The number of nitriles is 1. The van der Waals surface area contributed by atoms with E-state index < -0.39 is 11.9 Å². The van der Waals surface area contributed by atoms with Crippen molar-refractivity contribution in [1.82, 2.24) is 4.90 Å². The average molecular weight is 582 g/mol. The molecule has 1 fully saturated rings. The molecule has 0 bridgehead atoms. The summed E-state index contributed by atoms with van der Waals surface area (Å²) in [5.74, 6) is -0.186. The van der Waals surface area contributed by atoms with Crippen LogP contribution in [0.3, 0.4) is 0 Å². The Hall–Kier alpha value is -4.10. The predicted octanol–water partition coefficient (Wildman–Crippen LogP) is 5.60. The molecule has 3 aromatic rings. The normalized spacial score (nSPS) is 14.0. The van der Waals surface area contributed by atoms with E-state index in [0.717, 1.165) is 0 Å². The number of amides is 1. The summed E-state index contributed by atoms with van der Waals surface area (Å²) in [6.07, 6.45) is 1.54. The summed E-state index contributed by atoms with van der Waals surface area (Å²) < 4.78 is 15.8. The zero-order chi connectivity index (χ0) is 28.1. The van der Waals surface area contributed by atoms with Crippen LogP contribution < -0.4 is 14.4 Å². The highest BCUT2D eigenvalue weighted by atomic mass is 35.5. The molecule has 0 radical (unpaired) electrons. The molecule has 8 nitrogen and oxygen atoms in total. The number of halogens is 2. The number of hydrogen-bond donors (Lipinski definition) is 0. The topological polar surface area (TPSA) is 92.1 Å². The van der Waals surface area contributed by atoms with Crippen molar-refractivity contribution in [2.75, 3.05) is 25.7 Å². The number of ether oxygens (including phenoxy) is 3. The van der Waals surface area contributed by atoms with Gasteiger partial charge in [-0.15, -0.1) is 0 Å². The number of esters is 1. The molecule has 1 amide bonds. The van der Waals surface area contributed by atoms with Gasteiger partial charge in [0.1, 0.15) is 24.6 Å². The summed E-state index contributed by atoms with van der Waals surface area (Å²) >= 11 is 18.6. The first kappa shape index (κ1) is 27.9. The van der Waals surface area contributed by atoms with E-state index in [1.807, 2.05) is 0 Å². The van der Waals surface area contributed by atoms with Crippen LogP contribution in [0.5, 0.6) is 11.5 Å². The summed E-state index contributed by atoms with van der Waals surface area (Å²) in [5, 5.41) is 9.80. The third-order valence-electron chi connectivity index (χ3n) is 5.81. The van der Waals surface area contributed by atoms with Gasteiger partial charge in [-0.1, -0.05) is 41.4 Å². The summed E-state index contributed by atoms with van der Waals surface area (Å²) in [6.45, 7) is -0.194. The Kier molecular flexibility index (Phi) is 8.72.